The van der Waals surface area contributed by atoms with Crippen molar-refractivity contribution in [1.29, 1.82) is 0 Å². The summed E-state index contributed by atoms with van der Waals surface area (Å²) in [6, 6.07) is 12.8. The maximum atomic E-state index is 12.9. The first-order chi connectivity index (χ1) is 9.39. The van der Waals surface area contributed by atoms with Crippen LogP contribution in [0.5, 0.6) is 0 Å². The molecule has 2 rings (SSSR count). The number of anilines is 1. The zero-order valence-electron chi connectivity index (χ0n) is 11.3. The predicted molar refractivity (Wildman–Crippen MR) is 79.5 cm³/mol. The highest BCUT2D eigenvalue weighted by molar-refractivity contribution is 6.30. The molecule has 4 heteroatoms. The Morgan fingerprint density at radius 3 is 2.15 bits per heavy atom. The van der Waals surface area contributed by atoms with Crippen LogP contribution in [0, 0.1) is 5.82 Å². The number of hydrogen-bond acceptors (Lipinski definition) is 1. The van der Waals surface area contributed by atoms with Gasteiger partial charge < -0.3 is 5.32 Å². The average Bonchev–Trinajstić information content (AvgIpc) is 2.42. The van der Waals surface area contributed by atoms with Crippen LogP contribution >= 0.6 is 11.6 Å². The quantitative estimate of drug-likeness (QED) is 0.892. The molecule has 0 unspecified atom stereocenters. The second kappa shape index (κ2) is 5.63. The first-order valence-corrected chi connectivity index (χ1v) is 6.60. The Labute approximate surface area is 122 Å². The summed E-state index contributed by atoms with van der Waals surface area (Å²) >= 11 is 5.80. The van der Waals surface area contributed by atoms with E-state index in [2.05, 4.69) is 5.32 Å². The van der Waals surface area contributed by atoms with Crippen molar-refractivity contribution in [3.63, 3.8) is 0 Å². The molecule has 2 aromatic carbocycles. The summed E-state index contributed by atoms with van der Waals surface area (Å²) in [5, 5.41) is 3.44. The van der Waals surface area contributed by atoms with Crippen LogP contribution in [0.1, 0.15) is 19.4 Å². The number of benzene rings is 2. The van der Waals surface area contributed by atoms with Gasteiger partial charge in [0.1, 0.15) is 5.82 Å². The third kappa shape index (κ3) is 3.17. The van der Waals surface area contributed by atoms with Crippen LogP contribution in [0.4, 0.5) is 10.1 Å². The second-order valence-electron chi connectivity index (χ2n) is 5.09. The highest BCUT2D eigenvalue weighted by Crippen LogP contribution is 2.25. The van der Waals surface area contributed by atoms with Crippen molar-refractivity contribution in [2.45, 2.75) is 19.3 Å². The molecule has 0 saturated carbocycles. The van der Waals surface area contributed by atoms with E-state index in [0.717, 1.165) is 5.56 Å². The molecular formula is C16H15ClFNO. The zero-order valence-corrected chi connectivity index (χ0v) is 12.0. The first kappa shape index (κ1) is 14.5. The molecular weight excluding hydrogens is 277 g/mol. The van der Waals surface area contributed by atoms with Gasteiger partial charge in [-0.15, -0.1) is 0 Å². The van der Waals surface area contributed by atoms with E-state index in [1.54, 1.807) is 50.2 Å². The summed E-state index contributed by atoms with van der Waals surface area (Å²) in [6.07, 6.45) is 0. The molecule has 20 heavy (non-hydrogen) atoms. The summed E-state index contributed by atoms with van der Waals surface area (Å²) in [5.74, 6) is -0.478. The van der Waals surface area contributed by atoms with Gasteiger partial charge in [-0.2, -0.15) is 0 Å². The fourth-order valence-corrected chi connectivity index (χ4v) is 1.94. The average molecular weight is 292 g/mol. The maximum absolute atomic E-state index is 12.9. The summed E-state index contributed by atoms with van der Waals surface area (Å²) in [7, 11) is 0. The minimum absolute atomic E-state index is 0.161. The van der Waals surface area contributed by atoms with Crippen molar-refractivity contribution in [2.24, 2.45) is 0 Å². The summed E-state index contributed by atoms with van der Waals surface area (Å²) in [5.41, 5.74) is 0.674. The van der Waals surface area contributed by atoms with Gasteiger partial charge in [0.05, 0.1) is 5.41 Å². The molecule has 0 aromatic heterocycles. The number of halogens is 2. The molecule has 1 N–H and O–H groups in total. The Morgan fingerprint density at radius 2 is 1.60 bits per heavy atom. The van der Waals surface area contributed by atoms with Gasteiger partial charge in [-0.05, 0) is 55.8 Å². The lowest BCUT2D eigenvalue weighted by molar-refractivity contribution is -0.120. The number of carbonyl (C=O) groups excluding carboxylic acids is 1. The topological polar surface area (TPSA) is 29.1 Å². The van der Waals surface area contributed by atoms with E-state index in [9.17, 15) is 9.18 Å². The van der Waals surface area contributed by atoms with E-state index in [1.165, 1.54) is 12.1 Å². The number of amides is 1. The summed E-state index contributed by atoms with van der Waals surface area (Å²) < 4.78 is 12.9. The smallest absolute Gasteiger partial charge is 0.234 e. The minimum atomic E-state index is -0.757. The van der Waals surface area contributed by atoms with Crippen LogP contribution < -0.4 is 5.32 Å². The van der Waals surface area contributed by atoms with Gasteiger partial charge in [0.15, 0.2) is 0 Å². The van der Waals surface area contributed by atoms with Gasteiger partial charge in [-0.3, -0.25) is 4.79 Å². The van der Waals surface area contributed by atoms with Gasteiger partial charge >= 0.3 is 0 Å². The van der Waals surface area contributed by atoms with Gasteiger partial charge in [0, 0.05) is 10.7 Å². The third-order valence-corrected chi connectivity index (χ3v) is 3.49. The molecule has 104 valence electrons. The normalized spacial score (nSPS) is 11.2. The van der Waals surface area contributed by atoms with E-state index < -0.39 is 5.41 Å². The van der Waals surface area contributed by atoms with Crippen molar-refractivity contribution in [1.82, 2.24) is 0 Å². The number of nitrogens with one attached hydrogen (secondary N) is 1. The fourth-order valence-electron chi connectivity index (χ4n) is 1.82. The Kier molecular flexibility index (Phi) is 4.09. The van der Waals surface area contributed by atoms with Gasteiger partial charge in [0.2, 0.25) is 5.91 Å². The van der Waals surface area contributed by atoms with Crippen LogP contribution in [-0.2, 0) is 10.2 Å². The van der Waals surface area contributed by atoms with Crippen molar-refractivity contribution < 1.29 is 9.18 Å². The van der Waals surface area contributed by atoms with Gasteiger partial charge in [-0.25, -0.2) is 4.39 Å². The van der Waals surface area contributed by atoms with E-state index >= 15 is 0 Å². The Bertz CT molecular complexity index is 605. The molecule has 0 fully saturated rings. The van der Waals surface area contributed by atoms with Crippen LogP contribution in [-0.4, -0.2) is 5.91 Å². The number of hydrogen-bond donors (Lipinski definition) is 1. The van der Waals surface area contributed by atoms with Crippen molar-refractivity contribution >= 4 is 23.2 Å². The fraction of sp³-hybridized carbons (Fsp3) is 0.188. The molecule has 2 aromatic rings. The van der Waals surface area contributed by atoms with Gasteiger partial charge in [0.25, 0.3) is 0 Å². The SMILES string of the molecule is CC(C)(C(=O)Nc1ccc(Cl)cc1)c1ccc(F)cc1. The largest absolute Gasteiger partial charge is 0.325 e. The molecule has 0 aliphatic carbocycles. The van der Waals surface area contributed by atoms with Crippen LogP contribution in [0.2, 0.25) is 5.02 Å². The second-order valence-corrected chi connectivity index (χ2v) is 5.53. The van der Waals surface area contributed by atoms with E-state index in [-0.39, 0.29) is 11.7 Å². The minimum Gasteiger partial charge on any atom is -0.325 e. The Morgan fingerprint density at radius 1 is 1.05 bits per heavy atom. The van der Waals surface area contributed by atoms with Crippen molar-refractivity contribution in [3.8, 4) is 0 Å². The predicted octanol–water partition coefficient (Wildman–Crippen LogP) is 4.40. The summed E-state index contributed by atoms with van der Waals surface area (Å²) in [4.78, 5) is 12.4. The Hall–Kier alpha value is -1.87. The highest BCUT2D eigenvalue weighted by Gasteiger charge is 2.29. The molecule has 1 amide bonds. The first-order valence-electron chi connectivity index (χ1n) is 6.22. The summed E-state index contributed by atoms with van der Waals surface area (Å²) in [6.45, 7) is 3.59. The standard InChI is InChI=1S/C16H15ClFNO/c1-16(2,11-3-7-13(18)8-4-11)15(20)19-14-9-5-12(17)6-10-14/h3-10H,1-2H3,(H,19,20). The molecule has 0 saturated heterocycles. The number of rotatable bonds is 3. The Balaban J connectivity index is 2.18. The third-order valence-electron chi connectivity index (χ3n) is 3.24. The lowest BCUT2D eigenvalue weighted by Crippen LogP contribution is -2.34. The maximum Gasteiger partial charge on any atom is 0.234 e. The van der Waals surface area contributed by atoms with Crippen LogP contribution in [0.25, 0.3) is 0 Å². The molecule has 0 spiro atoms. The van der Waals surface area contributed by atoms with E-state index in [0.29, 0.717) is 10.7 Å². The lowest BCUT2D eigenvalue weighted by Gasteiger charge is -2.24. The van der Waals surface area contributed by atoms with Gasteiger partial charge in [-0.1, -0.05) is 23.7 Å². The highest BCUT2D eigenvalue weighted by atomic mass is 35.5. The molecule has 2 nitrogen and oxygen atoms in total. The zero-order chi connectivity index (χ0) is 14.8. The van der Waals surface area contributed by atoms with Crippen LogP contribution in [0.3, 0.4) is 0 Å². The van der Waals surface area contributed by atoms with E-state index in [1.807, 2.05) is 0 Å². The molecule has 0 aliphatic heterocycles. The number of carbonyl (C=O) groups is 1. The molecule has 0 bridgehead atoms. The lowest BCUT2D eigenvalue weighted by atomic mass is 9.83. The van der Waals surface area contributed by atoms with Crippen molar-refractivity contribution in [2.75, 3.05) is 5.32 Å². The monoisotopic (exact) mass is 291 g/mol. The molecule has 0 radical (unpaired) electrons. The van der Waals surface area contributed by atoms with E-state index in [4.69, 9.17) is 11.6 Å². The van der Waals surface area contributed by atoms with Crippen molar-refractivity contribution in [3.05, 3.63) is 64.9 Å². The van der Waals surface area contributed by atoms with Crippen LogP contribution in [0.15, 0.2) is 48.5 Å². The molecule has 0 aliphatic rings. The molecule has 0 heterocycles. The molecule has 0 atom stereocenters.